The van der Waals surface area contributed by atoms with E-state index in [0.29, 0.717) is 24.3 Å². The van der Waals surface area contributed by atoms with Crippen LogP contribution in [0.3, 0.4) is 0 Å². The van der Waals surface area contributed by atoms with E-state index in [1.54, 1.807) is 13.0 Å². The summed E-state index contributed by atoms with van der Waals surface area (Å²) >= 11 is 0. The minimum Gasteiger partial charge on any atom is -0.478 e. The number of hydrogen-bond donors (Lipinski definition) is 3. The van der Waals surface area contributed by atoms with Crippen LogP contribution in [0, 0.1) is 6.92 Å². The third-order valence-corrected chi connectivity index (χ3v) is 2.85. The third-order valence-electron chi connectivity index (χ3n) is 2.85. The summed E-state index contributed by atoms with van der Waals surface area (Å²) in [6, 6.07) is 4.46. The predicted octanol–water partition coefficient (Wildman–Crippen LogP) is 0.496. The molecule has 0 saturated carbocycles. The highest BCUT2D eigenvalue weighted by Gasteiger charge is 2.13. The maximum Gasteiger partial charge on any atom is 0.335 e. The number of nitrogens with two attached hydrogens (primary N) is 1. The average molecular weight is 289 g/mol. The number of amides is 1. The lowest BCUT2D eigenvalue weighted by atomic mass is 10.1. The molecule has 1 amide bonds. The first-order valence-electron chi connectivity index (χ1n) is 6.26. The monoisotopic (exact) mass is 289 g/mol. The van der Waals surface area contributed by atoms with E-state index in [2.05, 4.69) is 15.6 Å². The van der Waals surface area contributed by atoms with E-state index in [4.69, 9.17) is 10.8 Å². The number of carboxylic acids is 1. The van der Waals surface area contributed by atoms with E-state index in [1.807, 2.05) is 0 Å². The molecular weight excluding hydrogens is 274 g/mol. The molecule has 0 spiro atoms. The molecular formula is C13H15N5O3. The Kier molecular flexibility index (Phi) is 4.29. The molecule has 4 N–H and O–H groups in total. The van der Waals surface area contributed by atoms with Gasteiger partial charge in [-0.15, -0.1) is 5.10 Å². The summed E-state index contributed by atoms with van der Waals surface area (Å²) in [7, 11) is 0. The van der Waals surface area contributed by atoms with E-state index in [9.17, 15) is 9.59 Å². The molecule has 0 aliphatic carbocycles. The van der Waals surface area contributed by atoms with Gasteiger partial charge in [-0.1, -0.05) is 5.21 Å². The highest BCUT2D eigenvalue weighted by molar-refractivity contribution is 6.03. The Labute approximate surface area is 120 Å². The van der Waals surface area contributed by atoms with Crippen LogP contribution in [0.5, 0.6) is 0 Å². The van der Waals surface area contributed by atoms with Crippen molar-refractivity contribution < 1.29 is 14.7 Å². The summed E-state index contributed by atoms with van der Waals surface area (Å²) in [5.74, 6) is -1.43. The van der Waals surface area contributed by atoms with Gasteiger partial charge < -0.3 is 16.2 Å². The molecule has 8 heteroatoms. The summed E-state index contributed by atoms with van der Waals surface area (Å²) in [6.45, 7) is 2.60. The first-order valence-corrected chi connectivity index (χ1v) is 6.26. The molecule has 1 aromatic carbocycles. The van der Waals surface area contributed by atoms with Gasteiger partial charge in [-0.05, 0) is 30.7 Å². The second-order valence-corrected chi connectivity index (χ2v) is 4.44. The van der Waals surface area contributed by atoms with Crippen LogP contribution in [-0.2, 0) is 6.54 Å². The normalized spacial score (nSPS) is 10.4. The van der Waals surface area contributed by atoms with E-state index in [1.165, 1.54) is 23.0 Å². The Morgan fingerprint density at radius 2 is 2.19 bits per heavy atom. The van der Waals surface area contributed by atoms with Gasteiger partial charge in [0.2, 0.25) is 0 Å². The molecule has 1 aromatic heterocycles. The first-order chi connectivity index (χ1) is 10.0. The van der Waals surface area contributed by atoms with Crippen molar-refractivity contribution in [3.8, 4) is 0 Å². The molecule has 21 heavy (non-hydrogen) atoms. The number of carbonyl (C=O) groups is 2. The molecule has 0 unspecified atom stereocenters. The largest absolute Gasteiger partial charge is 0.478 e. The number of carboxylic acid groups (broad SMARTS) is 1. The molecule has 0 fully saturated rings. The Hall–Kier alpha value is -2.74. The van der Waals surface area contributed by atoms with Gasteiger partial charge >= 0.3 is 5.97 Å². The molecule has 2 aromatic rings. The van der Waals surface area contributed by atoms with Crippen molar-refractivity contribution in [2.45, 2.75) is 13.5 Å². The second kappa shape index (κ2) is 6.14. The van der Waals surface area contributed by atoms with Gasteiger partial charge in [0.05, 0.1) is 18.3 Å². The fourth-order valence-electron chi connectivity index (χ4n) is 1.77. The SMILES string of the molecule is Cc1cc(C(=O)O)ccc1NC(=O)c1cn(CCN)nn1. The van der Waals surface area contributed by atoms with Gasteiger partial charge in [-0.3, -0.25) is 9.48 Å². The third kappa shape index (κ3) is 3.42. The van der Waals surface area contributed by atoms with Crippen LogP contribution in [0.25, 0.3) is 0 Å². The molecule has 0 radical (unpaired) electrons. The zero-order valence-electron chi connectivity index (χ0n) is 11.4. The van der Waals surface area contributed by atoms with Crippen molar-refractivity contribution >= 4 is 17.6 Å². The molecule has 1 heterocycles. The fourth-order valence-corrected chi connectivity index (χ4v) is 1.77. The van der Waals surface area contributed by atoms with Crippen LogP contribution in [0.4, 0.5) is 5.69 Å². The fraction of sp³-hybridized carbons (Fsp3) is 0.231. The van der Waals surface area contributed by atoms with Crippen molar-refractivity contribution in [3.63, 3.8) is 0 Å². The topological polar surface area (TPSA) is 123 Å². The van der Waals surface area contributed by atoms with E-state index in [0.717, 1.165) is 0 Å². The van der Waals surface area contributed by atoms with E-state index >= 15 is 0 Å². The summed E-state index contributed by atoms with van der Waals surface area (Å²) in [4.78, 5) is 22.9. The predicted molar refractivity (Wildman–Crippen MR) is 75.2 cm³/mol. The van der Waals surface area contributed by atoms with E-state index < -0.39 is 11.9 Å². The van der Waals surface area contributed by atoms with Gasteiger partial charge in [0, 0.05) is 12.2 Å². The number of aromatic nitrogens is 3. The van der Waals surface area contributed by atoms with Gasteiger partial charge in [0.25, 0.3) is 5.91 Å². The Bertz CT molecular complexity index is 680. The molecule has 0 atom stereocenters. The Balaban J connectivity index is 2.13. The standard InChI is InChI=1S/C13H15N5O3/c1-8-6-9(13(20)21)2-3-10(8)15-12(19)11-7-18(5-4-14)17-16-11/h2-3,6-7H,4-5,14H2,1H3,(H,15,19)(H,20,21). The van der Waals surface area contributed by atoms with Crippen LogP contribution in [0.1, 0.15) is 26.4 Å². The highest BCUT2D eigenvalue weighted by Crippen LogP contribution is 2.17. The number of anilines is 1. The lowest BCUT2D eigenvalue weighted by Gasteiger charge is -2.07. The van der Waals surface area contributed by atoms with Crippen LogP contribution >= 0.6 is 0 Å². The van der Waals surface area contributed by atoms with Crippen molar-refractivity contribution in [3.05, 3.63) is 41.2 Å². The van der Waals surface area contributed by atoms with Crippen LogP contribution in [0.15, 0.2) is 24.4 Å². The number of aryl methyl sites for hydroxylation is 1. The minimum absolute atomic E-state index is 0.166. The molecule has 110 valence electrons. The Morgan fingerprint density at radius 1 is 1.43 bits per heavy atom. The second-order valence-electron chi connectivity index (χ2n) is 4.44. The molecule has 8 nitrogen and oxygen atoms in total. The molecule has 0 aliphatic rings. The smallest absolute Gasteiger partial charge is 0.335 e. The van der Waals surface area contributed by atoms with Gasteiger partial charge in [0.1, 0.15) is 0 Å². The summed E-state index contributed by atoms with van der Waals surface area (Å²) in [5.41, 5.74) is 6.91. The Morgan fingerprint density at radius 3 is 2.81 bits per heavy atom. The van der Waals surface area contributed by atoms with Gasteiger partial charge in [-0.2, -0.15) is 0 Å². The maximum absolute atomic E-state index is 12.0. The lowest BCUT2D eigenvalue weighted by Crippen LogP contribution is -2.14. The first kappa shape index (κ1) is 14.7. The van der Waals surface area contributed by atoms with Gasteiger partial charge in [-0.25, -0.2) is 4.79 Å². The van der Waals surface area contributed by atoms with Crippen molar-refractivity contribution in [2.24, 2.45) is 5.73 Å². The quantitative estimate of drug-likeness (QED) is 0.736. The van der Waals surface area contributed by atoms with Crippen molar-refractivity contribution in [1.29, 1.82) is 0 Å². The molecule has 0 saturated heterocycles. The lowest BCUT2D eigenvalue weighted by molar-refractivity contribution is 0.0696. The number of hydrogen-bond acceptors (Lipinski definition) is 5. The van der Waals surface area contributed by atoms with Crippen LogP contribution in [0.2, 0.25) is 0 Å². The number of carbonyl (C=O) groups excluding carboxylic acids is 1. The maximum atomic E-state index is 12.0. The minimum atomic E-state index is -1.01. The molecule has 0 bridgehead atoms. The van der Waals surface area contributed by atoms with Gasteiger partial charge in [0.15, 0.2) is 5.69 Å². The number of aromatic carboxylic acids is 1. The van der Waals surface area contributed by atoms with Crippen LogP contribution < -0.4 is 11.1 Å². The number of nitrogens with one attached hydrogen (secondary N) is 1. The number of benzene rings is 1. The number of nitrogens with zero attached hydrogens (tertiary/aromatic N) is 3. The zero-order chi connectivity index (χ0) is 15.4. The average Bonchev–Trinajstić information content (AvgIpc) is 2.90. The van der Waals surface area contributed by atoms with E-state index in [-0.39, 0.29) is 11.3 Å². The van der Waals surface area contributed by atoms with Crippen molar-refractivity contribution in [1.82, 2.24) is 15.0 Å². The van der Waals surface area contributed by atoms with Crippen LogP contribution in [-0.4, -0.2) is 38.5 Å². The zero-order valence-corrected chi connectivity index (χ0v) is 11.4. The highest BCUT2D eigenvalue weighted by atomic mass is 16.4. The summed E-state index contributed by atoms with van der Waals surface area (Å²) in [5, 5.41) is 19.1. The summed E-state index contributed by atoms with van der Waals surface area (Å²) < 4.78 is 1.48. The molecule has 2 rings (SSSR count). The van der Waals surface area contributed by atoms with Crippen molar-refractivity contribution in [2.75, 3.05) is 11.9 Å². The summed E-state index contributed by atoms with van der Waals surface area (Å²) in [6.07, 6.45) is 1.50. The number of rotatable bonds is 5. The molecule has 0 aliphatic heterocycles.